The van der Waals surface area contributed by atoms with E-state index >= 15 is 0 Å². The summed E-state index contributed by atoms with van der Waals surface area (Å²) in [6, 6.07) is 6.49. The maximum Gasteiger partial charge on any atom is 0.124 e. The Morgan fingerprint density at radius 1 is 1.50 bits per heavy atom. The summed E-state index contributed by atoms with van der Waals surface area (Å²) in [5, 5.41) is 9.02. The molecule has 1 aromatic rings. The standard InChI is InChI=1S/C14H18FN3/c15-14-4-3-12(13(6-14)8-17)10-18-5-1-2-11(7-16)9-18/h3-4,6,11H,1-2,5,7,9-10,16H2. The Kier molecular flexibility index (Phi) is 4.29. The Morgan fingerprint density at radius 3 is 3.06 bits per heavy atom. The first-order valence-electron chi connectivity index (χ1n) is 6.34. The predicted octanol–water partition coefficient (Wildman–Crippen LogP) is 1.87. The number of likely N-dealkylation sites (tertiary alicyclic amines) is 1. The van der Waals surface area contributed by atoms with Crippen molar-refractivity contribution in [3.05, 3.63) is 35.1 Å². The molecule has 4 heteroatoms. The van der Waals surface area contributed by atoms with Crippen molar-refractivity contribution in [1.82, 2.24) is 4.90 Å². The van der Waals surface area contributed by atoms with Crippen molar-refractivity contribution in [2.24, 2.45) is 11.7 Å². The normalized spacial score (nSPS) is 20.6. The van der Waals surface area contributed by atoms with Crippen LogP contribution in [0.1, 0.15) is 24.0 Å². The van der Waals surface area contributed by atoms with Gasteiger partial charge in [-0.2, -0.15) is 5.26 Å². The van der Waals surface area contributed by atoms with E-state index in [-0.39, 0.29) is 5.82 Å². The lowest BCUT2D eigenvalue weighted by molar-refractivity contribution is 0.171. The molecule has 0 saturated carbocycles. The molecule has 1 aliphatic rings. The summed E-state index contributed by atoms with van der Waals surface area (Å²) in [7, 11) is 0. The number of hydrogen-bond donors (Lipinski definition) is 1. The van der Waals surface area contributed by atoms with E-state index in [1.807, 2.05) is 0 Å². The molecule has 1 aromatic carbocycles. The van der Waals surface area contributed by atoms with Gasteiger partial charge in [-0.3, -0.25) is 4.90 Å². The topological polar surface area (TPSA) is 53.0 Å². The Labute approximate surface area is 107 Å². The van der Waals surface area contributed by atoms with Crippen LogP contribution in [0.3, 0.4) is 0 Å². The van der Waals surface area contributed by atoms with Gasteiger partial charge < -0.3 is 5.73 Å². The molecule has 96 valence electrons. The van der Waals surface area contributed by atoms with Crippen molar-refractivity contribution < 1.29 is 4.39 Å². The van der Waals surface area contributed by atoms with Gasteiger partial charge in [-0.05, 0) is 49.5 Å². The molecule has 0 spiro atoms. The second-order valence-corrected chi connectivity index (χ2v) is 4.89. The van der Waals surface area contributed by atoms with Crippen LogP contribution in [0.5, 0.6) is 0 Å². The first-order chi connectivity index (χ1) is 8.72. The molecular weight excluding hydrogens is 229 g/mol. The van der Waals surface area contributed by atoms with E-state index < -0.39 is 0 Å². The Balaban J connectivity index is 2.07. The molecule has 0 aromatic heterocycles. The van der Waals surface area contributed by atoms with Gasteiger partial charge in [0.05, 0.1) is 11.6 Å². The number of nitrogens with zero attached hydrogens (tertiary/aromatic N) is 2. The van der Waals surface area contributed by atoms with E-state index in [4.69, 9.17) is 11.0 Å². The molecule has 0 radical (unpaired) electrons. The molecule has 2 rings (SSSR count). The lowest BCUT2D eigenvalue weighted by Gasteiger charge is -2.32. The summed E-state index contributed by atoms with van der Waals surface area (Å²) in [6.45, 7) is 3.42. The van der Waals surface area contributed by atoms with Crippen LogP contribution < -0.4 is 5.73 Å². The Morgan fingerprint density at radius 2 is 2.33 bits per heavy atom. The third kappa shape index (κ3) is 3.06. The van der Waals surface area contributed by atoms with Gasteiger partial charge in [0.2, 0.25) is 0 Å². The summed E-state index contributed by atoms with van der Waals surface area (Å²) in [6.07, 6.45) is 2.33. The zero-order valence-corrected chi connectivity index (χ0v) is 10.4. The van der Waals surface area contributed by atoms with Gasteiger partial charge in [0, 0.05) is 13.1 Å². The SMILES string of the molecule is N#Cc1cc(F)ccc1CN1CCCC(CN)C1. The smallest absolute Gasteiger partial charge is 0.124 e. The number of nitriles is 1. The van der Waals surface area contributed by atoms with Gasteiger partial charge in [-0.1, -0.05) is 6.07 Å². The maximum atomic E-state index is 13.0. The summed E-state index contributed by atoms with van der Waals surface area (Å²) >= 11 is 0. The van der Waals surface area contributed by atoms with Gasteiger partial charge in [0.1, 0.15) is 5.82 Å². The third-order valence-corrected chi connectivity index (χ3v) is 3.52. The fraction of sp³-hybridized carbons (Fsp3) is 0.500. The molecule has 2 N–H and O–H groups in total. The highest BCUT2D eigenvalue weighted by Gasteiger charge is 2.19. The molecule has 3 nitrogen and oxygen atoms in total. The highest BCUT2D eigenvalue weighted by molar-refractivity contribution is 5.37. The third-order valence-electron chi connectivity index (χ3n) is 3.52. The number of rotatable bonds is 3. The fourth-order valence-electron chi connectivity index (χ4n) is 2.52. The molecular formula is C14H18FN3. The van der Waals surface area contributed by atoms with Crippen molar-refractivity contribution in [3.8, 4) is 6.07 Å². The van der Waals surface area contributed by atoms with E-state index in [1.165, 1.54) is 18.6 Å². The van der Waals surface area contributed by atoms with Crippen molar-refractivity contribution in [2.45, 2.75) is 19.4 Å². The molecule has 0 amide bonds. The summed E-state index contributed by atoms with van der Waals surface area (Å²) in [5.41, 5.74) is 7.04. The van der Waals surface area contributed by atoms with Gasteiger partial charge in [0.15, 0.2) is 0 Å². The van der Waals surface area contributed by atoms with Crippen LogP contribution in [0.4, 0.5) is 4.39 Å². The average molecular weight is 247 g/mol. The maximum absolute atomic E-state index is 13.0. The molecule has 1 heterocycles. The van der Waals surface area contributed by atoms with E-state index in [0.717, 1.165) is 25.1 Å². The van der Waals surface area contributed by atoms with Gasteiger partial charge in [-0.25, -0.2) is 4.39 Å². The van der Waals surface area contributed by atoms with Crippen molar-refractivity contribution in [3.63, 3.8) is 0 Å². The molecule has 1 unspecified atom stereocenters. The van der Waals surface area contributed by atoms with Crippen molar-refractivity contribution >= 4 is 0 Å². The predicted molar refractivity (Wildman–Crippen MR) is 68.2 cm³/mol. The zero-order valence-electron chi connectivity index (χ0n) is 10.4. The molecule has 1 fully saturated rings. The molecule has 18 heavy (non-hydrogen) atoms. The minimum atomic E-state index is -0.353. The Hall–Kier alpha value is -1.44. The number of piperidine rings is 1. The van der Waals surface area contributed by atoms with E-state index in [0.29, 0.717) is 24.6 Å². The number of benzene rings is 1. The van der Waals surface area contributed by atoms with Crippen LogP contribution in [-0.2, 0) is 6.54 Å². The Bertz CT molecular complexity index is 453. The van der Waals surface area contributed by atoms with Gasteiger partial charge >= 0.3 is 0 Å². The van der Waals surface area contributed by atoms with Gasteiger partial charge in [0.25, 0.3) is 0 Å². The first-order valence-corrected chi connectivity index (χ1v) is 6.34. The van der Waals surface area contributed by atoms with E-state index in [2.05, 4.69) is 11.0 Å². The summed E-state index contributed by atoms with van der Waals surface area (Å²) in [5.74, 6) is 0.193. The highest BCUT2D eigenvalue weighted by Crippen LogP contribution is 2.19. The minimum Gasteiger partial charge on any atom is -0.330 e. The second kappa shape index (κ2) is 5.94. The molecule has 1 atom stereocenters. The fourth-order valence-corrected chi connectivity index (χ4v) is 2.52. The second-order valence-electron chi connectivity index (χ2n) is 4.89. The first kappa shape index (κ1) is 13.0. The van der Waals surface area contributed by atoms with Crippen LogP contribution in [0.15, 0.2) is 18.2 Å². The van der Waals surface area contributed by atoms with Gasteiger partial charge in [-0.15, -0.1) is 0 Å². The zero-order chi connectivity index (χ0) is 13.0. The minimum absolute atomic E-state index is 0.353. The molecule has 1 aliphatic heterocycles. The van der Waals surface area contributed by atoms with Crippen LogP contribution >= 0.6 is 0 Å². The monoisotopic (exact) mass is 247 g/mol. The van der Waals surface area contributed by atoms with E-state index in [9.17, 15) is 4.39 Å². The van der Waals surface area contributed by atoms with Crippen molar-refractivity contribution in [2.75, 3.05) is 19.6 Å². The lowest BCUT2D eigenvalue weighted by atomic mass is 9.97. The lowest BCUT2D eigenvalue weighted by Crippen LogP contribution is -2.38. The number of hydrogen-bond acceptors (Lipinski definition) is 3. The molecule has 0 aliphatic carbocycles. The summed E-state index contributed by atoms with van der Waals surface area (Å²) < 4.78 is 13.0. The molecule has 1 saturated heterocycles. The van der Waals surface area contributed by atoms with Crippen LogP contribution in [-0.4, -0.2) is 24.5 Å². The summed E-state index contributed by atoms with van der Waals surface area (Å²) in [4.78, 5) is 2.30. The largest absolute Gasteiger partial charge is 0.330 e. The highest BCUT2D eigenvalue weighted by atomic mass is 19.1. The number of nitrogens with two attached hydrogens (primary N) is 1. The van der Waals surface area contributed by atoms with Crippen LogP contribution in [0.2, 0.25) is 0 Å². The molecule has 0 bridgehead atoms. The van der Waals surface area contributed by atoms with E-state index in [1.54, 1.807) is 6.07 Å². The van der Waals surface area contributed by atoms with Crippen LogP contribution in [0, 0.1) is 23.1 Å². The quantitative estimate of drug-likeness (QED) is 0.887. The van der Waals surface area contributed by atoms with Crippen molar-refractivity contribution in [1.29, 1.82) is 5.26 Å². The van der Waals surface area contributed by atoms with Crippen LogP contribution in [0.25, 0.3) is 0 Å². The average Bonchev–Trinajstić information content (AvgIpc) is 2.41. The number of halogens is 1.